The first kappa shape index (κ1) is 18.0. The third kappa shape index (κ3) is 4.15. The Morgan fingerprint density at radius 2 is 1.81 bits per heavy atom. The molecule has 0 atom stereocenters. The van der Waals surface area contributed by atoms with Gasteiger partial charge in [0.1, 0.15) is 5.82 Å². The fourth-order valence-electron chi connectivity index (χ4n) is 4.25. The van der Waals surface area contributed by atoms with Gasteiger partial charge in [0.05, 0.1) is 13.0 Å². The number of hydrogen-bond donors (Lipinski definition) is 0. The van der Waals surface area contributed by atoms with Crippen LogP contribution in [0.5, 0.6) is 0 Å². The van der Waals surface area contributed by atoms with Crippen molar-refractivity contribution in [2.75, 3.05) is 24.6 Å². The molecule has 1 fully saturated rings. The van der Waals surface area contributed by atoms with E-state index in [-0.39, 0.29) is 5.97 Å². The fraction of sp³-hybridized carbons (Fsp3) is 0.478. The van der Waals surface area contributed by atoms with Crippen LogP contribution in [-0.2, 0) is 35.2 Å². The van der Waals surface area contributed by atoms with Crippen molar-refractivity contribution in [3.8, 4) is 0 Å². The number of benzene rings is 1. The molecule has 0 radical (unpaired) electrons. The molecule has 0 spiro atoms. The predicted octanol–water partition coefficient (Wildman–Crippen LogP) is 3.87. The van der Waals surface area contributed by atoms with Crippen molar-refractivity contribution in [3.63, 3.8) is 0 Å². The van der Waals surface area contributed by atoms with Crippen LogP contribution in [0, 0.1) is 0 Å². The normalized spacial score (nSPS) is 15.8. The van der Waals surface area contributed by atoms with Gasteiger partial charge in [0, 0.05) is 18.8 Å². The number of rotatable bonds is 6. The number of pyridine rings is 1. The highest BCUT2D eigenvalue weighted by molar-refractivity contribution is 5.72. The predicted molar refractivity (Wildman–Crippen MR) is 107 cm³/mol. The van der Waals surface area contributed by atoms with E-state index in [2.05, 4.69) is 35.2 Å². The van der Waals surface area contributed by atoms with E-state index in [9.17, 15) is 4.79 Å². The van der Waals surface area contributed by atoms with Gasteiger partial charge in [-0.15, -0.1) is 0 Å². The second kappa shape index (κ2) is 8.12. The summed E-state index contributed by atoms with van der Waals surface area (Å²) in [6.45, 7) is 4.54. The fourth-order valence-corrected chi connectivity index (χ4v) is 4.25. The zero-order valence-electron chi connectivity index (χ0n) is 16.2. The van der Waals surface area contributed by atoms with Crippen molar-refractivity contribution in [1.82, 2.24) is 4.98 Å². The minimum Gasteiger partial charge on any atom is -0.466 e. The van der Waals surface area contributed by atoms with Crippen molar-refractivity contribution in [2.24, 2.45) is 0 Å². The lowest BCUT2D eigenvalue weighted by molar-refractivity contribution is -0.142. The van der Waals surface area contributed by atoms with Gasteiger partial charge in [-0.3, -0.25) is 4.79 Å². The molecule has 0 unspecified atom stereocenters. The maximum atomic E-state index is 11.6. The molecular weight excluding hydrogens is 336 g/mol. The first-order valence-corrected chi connectivity index (χ1v) is 10.2. The van der Waals surface area contributed by atoms with Gasteiger partial charge in [0.15, 0.2) is 0 Å². The van der Waals surface area contributed by atoms with Gasteiger partial charge in [0.2, 0.25) is 0 Å². The summed E-state index contributed by atoms with van der Waals surface area (Å²) in [4.78, 5) is 19.1. The first-order chi connectivity index (χ1) is 13.2. The van der Waals surface area contributed by atoms with Crippen LogP contribution in [0.4, 0.5) is 5.82 Å². The summed E-state index contributed by atoms with van der Waals surface area (Å²) in [5.74, 6) is 1.01. The average Bonchev–Trinajstić information content (AvgIpc) is 3.35. The SMILES string of the molecule is CCOC(=O)Cc1ccc(Cc2cc(N3CCCC3)nc3c2CCC3)cc1. The maximum Gasteiger partial charge on any atom is 0.310 e. The first-order valence-electron chi connectivity index (χ1n) is 10.2. The summed E-state index contributed by atoms with van der Waals surface area (Å²) >= 11 is 0. The van der Waals surface area contributed by atoms with E-state index >= 15 is 0 Å². The maximum absolute atomic E-state index is 11.6. The number of nitrogens with zero attached hydrogens (tertiary/aromatic N) is 2. The highest BCUT2D eigenvalue weighted by Gasteiger charge is 2.21. The topological polar surface area (TPSA) is 42.4 Å². The molecule has 1 aromatic heterocycles. The molecule has 1 aromatic carbocycles. The Hall–Kier alpha value is -2.36. The number of esters is 1. The highest BCUT2D eigenvalue weighted by Crippen LogP contribution is 2.30. The third-order valence-corrected chi connectivity index (χ3v) is 5.63. The van der Waals surface area contributed by atoms with Crippen molar-refractivity contribution < 1.29 is 9.53 Å². The molecule has 2 aromatic rings. The summed E-state index contributed by atoms with van der Waals surface area (Å²) in [6, 6.07) is 10.7. The lowest BCUT2D eigenvalue weighted by atomic mass is 9.98. The second-order valence-corrected chi connectivity index (χ2v) is 7.59. The molecule has 0 N–H and O–H groups in total. The molecule has 2 aliphatic rings. The van der Waals surface area contributed by atoms with E-state index in [4.69, 9.17) is 9.72 Å². The lowest BCUT2D eigenvalue weighted by Crippen LogP contribution is -2.20. The number of hydrogen-bond acceptors (Lipinski definition) is 4. The summed E-state index contributed by atoms with van der Waals surface area (Å²) in [5, 5.41) is 0. The van der Waals surface area contributed by atoms with Crippen LogP contribution in [0.1, 0.15) is 54.1 Å². The van der Waals surface area contributed by atoms with Crippen molar-refractivity contribution in [2.45, 2.75) is 51.9 Å². The van der Waals surface area contributed by atoms with Gasteiger partial charge in [-0.1, -0.05) is 24.3 Å². The monoisotopic (exact) mass is 364 g/mol. The van der Waals surface area contributed by atoms with Crippen LogP contribution >= 0.6 is 0 Å². The Morgan fingerprint density at radius 3 is 2.56 bits per heavy atom. The van der Waals surface area contributed by atoms with Gasteiger partial charge in [0.25, 0.3) is 0 Å². The Morgan fingerprint density at radius 1 is 1.07 bits per heavy atom. The molecule has 0 bridgehead atoms. The van der Waals surface area contributed by atoms with Gasteiger partial charge < -0.3 is 9.64 Å². The van der Waals surface area contributed by atoms with Crippen LogP contribution in [0.2, 0.25) is 0 Å². The third-order valence-electron chi connectivity index (χ3n) is 5.63. The minimum atomic E-state index is -0.160. The molecule has 1 aliphatic carbocycles. The summed E-state index contributed by atoms with van der Waals surface area (Å²) in [7, 11) is 0. The van der Waals surface area contributed by atoms with Gasteiger partial charge in [-0.2, -0.15) is 0 Å². The van der Waals surface area contributed by atoms with Crippen LogP contribution in [0.15, 0.2) is 30.3 Å². The molecule has 2 heterocycles. The van der Waals surface area contributed by atoms with E-state index in [1.807, 2.05) is 6.92 Å². The number of aromatic nitrogens is 1. The van der Waals surface area contributed by atoms with Gasteiger partial charge in [-0.05, 0) is 73.8 Å². The van der Waals surface area contributed by atoms with Crippen LogP contribution in [-0.4, -0.2) is 30.6 Å². The number of fused-ring (bicyclic) bond motifs is 1. The molecule has 4 nitrogen and oxygen atoms in total. The van der Waals surface area contributed by atoms with E-state index < -0.39 is 0 Å². The molecule has 1 saturated heterocycles. The number of anilines is 1. The minimum absolute atomic E-state index is 0.160. The zero-order chi connectivity index (χ0) is 18.6. The molecule has 4 rings (SSSR count). The van der Waals surface area contributed by atoms with Crippen molar-refractivity contribution in [1.29, 1.82) is 0 Å². The van der Waals surface area contributed by atoms with E-state index in [1.54, 1.807) is 0 Å². The van der Waals surface area contributed by atoms with Crippen LogP contribution in [0.3, 0.4) is 0 Å². The van der Waals surface area contributed by atoms with Crippen LogP contribution in [0.25, 0.3) is 0 Å². The van der Waals surface area contributed by atoms with Crippen LogP contribution < -0.4 is 4.90 Å². The average molecular weight is 364 g/mol. The number of aryl methyl sites for hydroxylation is 1. The highest BCUT2D eigenvalue weighted by atomic mass is 16.5. The number of carbonyl (C=O) groups excluding carboxylic acids is 1. The molecule has 4 heteroatoms. The van der Waals surface area contributed by atoms with Gasteiger partial charge >= 0.3 is 5.97 Å². The summed E-state index contributed by atoms with van der Waals surface area (Å²) in [5.41, 5.74) is 6.50. The standard InChI is InChI=1S/C23H28N2O2/c1-2-27-23(26)15-18-10-8-17(9-11-18)14-19-16-22(25-12-3-4-13-25)24-21-7-5-6-20(19)21/h8-11,16H,2-7,12-15H2,1H3. The Labute approximate surface area is 161 Å². The van der Waals surface area contributed by atoms with Crippen molar-refractivity contribution >= 4 is 11.8 Å². The Kier molecular flexibility index (Phi) is 5.42. The molecule has 1 aliphatic heterocycles. The smallest absolute Gasteiger partial charge is 0.310 e. The molecule has 27 heavy (non-hydrogen) atoms. The van der Waals surface area contributed by atoms with E-state index in [0.29, 0.717) is 13.0 Å². The number of ether oxygens (including phenoxy) is 1. The van der Waals surface area contributed by atoms with Crippen molar-refractivity contribution in [3.05, 3.63) is 58.3 Å². The van der Waals surface area contributed by atoms with Gasteiger partial charge in [-0.25, -0.2) is 4.98 Å². The molecular formula is C23H28N2O2. The molecule has 0 amide bonds. The number of carbonyl (C=O) groups is 1. The molecule has 0 saturated carbocycles. The Balaban J connectivity index is 1.52. The second-order valence-electron chi connectivity index (χ2n) is 7.59. The largest absolute Gasteiger partial charge is 0.466 e. The lowest BCUT2D eigenvalue weighted by Gasteiger charge is -2.19. The quantitative estimate of drug-likeness (QED) is 0.730. The summed E-state index contributed by atoms with van der Waals surface area (Å²) in [6.07, 6.45) is 7.31. The summed E-state index contributed by atoms with van der Waals surface area (Å²) < 4.78 is 5.03. The zero-order valence-corrected chi connectivity index (χ0v) is 16.2. The van der Waals surface area contributed by atoms with E-state index in [0.717, 1.165) is 37.9 Å². The Bertz CT molecular complexity index is 808. The molecule has 142 valence electrons. The van der Waals surface area contributed by atoms with E-state index in [1.165, 1.54) is 47.5 Å².